The number of rotatable bonds is 7. The van der Waals surface area contributed by atoms with Crippen molar-refractivity contribution in [3.8, 4) is 17.2 Å². The second-order valence-corrected chi connectivity index (χ2v) is 8.54. The van der Waals surface area contributed by atoms with E-state index in [0.29, 0.717) is 51.6 Å². The van der Waals surface area contributed by atoms with Crippen LogP contribution in [0, 0.1) is 5.82 Å². The number of anilines is 5. The van der Waals surface area contributed by atoms with E-state index < -0.39 is 0 Å². The van der Waals surface area contributed by atoms with Crippen molar-refractivity contribution in [1.29, 1.82) is 0 Å². The summed E-state index contributed by atoms with van der Waals surface area (Å²) in [5.74, 6) is 1.71. The van der Waals surface area contributed by atoms with E-state index in [-0.39, 0.29) is 18.3 Å². The van der Waals surface area contributed by atoms with Crippen molar-refractivity contribution in [2.24, 2.45) is 0 Å². The van der Waals surface area contributed by atoms with E-state index in [1.54, 1.807) is 55.6 Å². The fourth-order valence-electron chi connectivity index (χ4n) is 4.39. The molecule has 1 N–H and O–H groups in total. The molecule has 2 heterocycles. The number of halogens is 1. The molecule has 0 saturated heterocycles. The summed E-state index contributed by atoms with van der Waals surface area (Å²) < 4.78 is 29.8. The molecule has 1 amide bonds. The molecule has 0 saturated carbocycles. The van der Waals surface area contributed by atoms with Gasteiger partial charge >= 0.3 is 0 Å². The van der Waals surface area contributed by atoms with E-state index in [4.69, 9.17) is 19.2 Å². The summed E-state index contributed by atoms with van der Waals surface area (Å²) in [6, 6.07) is 16.9. The number of para-hydroxylation sites is 1. The zero-order valence-electron chi connectivity index (χ0n) is 21.4. The maximum absolute atomic E-state index is 13.7. The number of hydrogen-bond acceptors (Lipinski definition) is 8. The van der Waals surface area contributed by atoms with Crippen molar-refractivity contribution >= 4 is 34.7 Å². The summed E-state index contributed by atoms with van der Waals surface area (Å²) in [5.41, 5.74) is 3.14. The van der Waals surface area contributed by atoms with Crippen LogP contribution in [0.4, 0.5) is 33.2 Å². The van der Waals surface area contributed by atoms with Gasteiger partial charge in [0.15, 0.2) is 17.3 Å². The highest BCUT2D eigenvalue weighted by Crippen LogP contribution is 2.42. The van der Waals surface area contributed by atoms with Crippen molar-refractivity contribution in [1.82, 2.24) is 9.97 Å². The molecule has 9 nitrogen and oxygen atoms in total. The highest BCUT2D eigenvalue weighted by atomic mass is 19.1. The molecule has 0 unspecified atom stereocenters. The van der Waals surface area contributed by atoms with Gasteiger partial charge in [0, 0.05) is 24.9 Å². The van der Waals surface area contributed by atoms with Crippen LogP contribution < -0.4 is 29.3 Å². The zero-order chi connectivity index (χ0) is 26.8. The fourth-order valence-corrected chi connectivity index (χ4v) is 4.39. The number of benzene rings is 3. The van der Waals surface area contributed by atoms with E-state index in [1.165, 1.54) is 19.2 Å². The van der Waals surface area contributed by atoms with Gasteiger partial charge in [-0.3, -0.25) is 9.69 Å². The van der Waals surface area contributed by atoms with Crippen molar-refractivity contribution < 1.29 is 23.4 Å². The Morgan fingerprint density at radius 3 is 2.26 bits per heavy atom. The van der Waals surface area contributed by atoms with Crippen LogP contribution in [0.2, 0.25) is 0 Å². The largest absolute Gasteiger partial charge is 0.493 e. The van der Waals surface area contributed by atoms with E-state index in [0.717, 1.165) is 5.56 Å². The summed E-state index contributed by atoms with van der Waals surface area (Å²) in [4.78, 5) is 26.5. The van der Waals surface area contributed by atoms with Gasteiger partial charge in [0.1, 0.15) is 11.5 Å². The summed E-state index contributed by atoms with van der Waals surface area (Å²) in [6.45, 7) is 0.220. The summed E-state index contributed by atoms with van der Waals surface area (Å²) in [7, 11) is 6.47. The second-order valence-electron chi connectivity index (χ2n) is 8.54. The van der Waals surface area contributed by atoms with Crippen molar-refractivity contribution in [2.45, 2.75) is 6.54 Å². The molecule has 0 aliphatic carbocycles. The molecule has 194 valence electrons. The molecule has 10 heteroatoms. The van der Waals surface area contributed by atoms with Crippen LogP contribution in [-0.4, -0.2) is 44.3 Å². The van der Waals surface area contributed by atoms with Crippen LogP contribution >= 0.6 is 0 Å². The Kier molecular flexibility index (Phi) is 6.69. The summed E-state index contributed by atoms with van der Waals surface area (Å²) >= 11 is 0. The minimum absolute atomic E-state index is 0.204. The number of fused-ring (bicyclic) bond motifs is 2. The van der Waals surface area contributed by atoms with Gasteiger partial charge in [-0.1, -0.05) is 24.3 Å². The van der Waals surface area contributed by atoms with Crippen molar-refractivity contribution in [3.05, 3.63) is 83.8 Å². The fraction of sp³-hybridized carbons (Fsp3) is 0.179. The highest BCUT2D eigenvalue weighted by Gasteiger charge is 2.31. The second kappa shape index (κ2) is 10.3. The van der Waals surface area contributed by atoms with Gasteiger partial charge in [-0.2, -0.15) is 4.98 Å². The Bertz CT molecular complexity index is 1470. The van der Waals surface area contributed by atoms with Gasteiger partial charge in [0.25, 0.3) is 5.91 Å². The van der Waals surface area contributed by atoms with Crippen LogP contribution in [0.15, 0.2) is 66.9 Å². The lowest BCUT2D eigenvalue weighted by Gasteiger charge is -2.24. The van der Waals surface area contributed by atoms with Crippen molar-refractivity contribution in [3.63, 3.8) is 0 Å². The van der Waals surface area contributed by atoms with E-state index in [1.807, 2.05) is 30.1 Å². The van der Waals surface area contributed by atoms with Crippen LogP contribution in [0.3, 0.4) is 0 Å². The number of carbonyl (C=O) groups is 1. The predicted octanol–water partition coefficient (Wildman–Crippen LogP) is 5.31. The zero-order valence-corrected chi connectivity index (χ0v) is 21.4. The van der Waals surface area contributed by atoms with Gasteiger partial charge in [0.2, 0.25) is 11.7 Å². The molecule has 0 atom stereocenters. The van der Waals surface area contributed by atoms with E-state index in [2.05, 4.69) is 10.3 Å². The first kappa shape index (κ1) is 24.8. The molecular weight excluding hydrogens is 489 g/mol. The van der Waals surface area contributed by atoms with E-state index >= 15 is 0 Å². The summed E-state index contributed by atoms with van der Waals surface area (Å²) in [5, 5.41) is 3.19. The minimum Gasteiger partial charge on any atom is -0.493 e. The first-order chi connectivity index (χ1) is 18.4. The maximum Gasteiger partial charge on any atom is 0.260 e. The molecule has 0 bridgehead atoms. The quantitative estimate of drug-likeness (QED) is 0.354. The summed E-state index contributed by atoms with van der Waals surface area (Å²) in [6.07, 6.45) is 1.60. The normalized spacial score (nSPS) is 12.4. The Hall–Kier alpha value is -4.86. The molecule has 5 rings (SSSR count). The van der Waals surface area contributed by atoms with Gasteiger partial charge in [-0.05, 0) is 29.8 Å². The number of nitrogens with zero attached hydrogens (tertiary/aromatic N) is 4. The molecule has 1 aromatic heterocycles. The Morgan fingerprint density at radius 1 is 0.921 bits per heavy atom. The smallest absolute Gasteiger partial charge is 0.260 e. The average molecular weight is 516 g/mol. The van der Waals surface area contributed by atoms with Gasteiger partial charge in [-0.15, -0.1) is 0 Å². The molecule has 1 aliphatic heterocycles. The third kappa shape index (κ3) is 4.52. The molecule has 0 spiro atoms. The first-order valence-corrected chi connectivity index (χ1v) is 11.8. The monoisotopic (exact) mass is 515 g/mol. The number of hydrogen-bond donors (Lipinski definition) is 1. The standard InChI is InChI=1S/C28H26FN5O4/c1-33-21-8-6-5-7-20(21)27(35)34(16-17-9-11-18(29)12-10-17)22-15-30-28(32-26(22)33)31-19-13-23(36-2)25(38-4)24(14-19)37-3/h5-15H,16H2,1-4H3,(H,30,31,32). The van der Waals surface area contributed by atoms with Crippen LogP contribution in [-0.2, 0) is 6.54 Å². The van der Waals surface area contributed by atoms with Crippen LogP contribution in [0.1, 0.15) is 15.9 Å². The molecule has 0 radical (unpaired) electrons. The molecule has 4 aromatic rings. The third-order valence-electron chi connectivity index (χ3n) is 6.27. The van der Waals surface area contributed by atoms with Crippen molar-refractivity contribution in [2.75, 3.05) is 43.5 Å². The number of carbonyl (C=O) groups excluding carboxylic acids is 1. The number of nitrogens with one attached hydrogen (secondary N) is 1. The van der Waals surface area contributed by atoms with Crippen LogP contribution in [0.25, 0.3) is 0 Å². The lowest BCUT2D eigenvalue weighted by molar-refractivity contribution is 0.0986. The first-order valence-electron chi connectivity index (χ1n) is 11.8. The molecule has 1 aliphatic rings. The SMILES string of the molecule is COc1cc(Nc2ncc3c(n2)N(C)c2ccccc2C(=O)N3Cc2ccc(F)cc2)cc(OC)c1OC. The van der Waals surface area contributed by atoms with Gasteiger partial charge < -0.3 is 24.4 Å². The number of ether oxygens (including phenoxy) is 3. The Morgan fingerprint density at radius 2 is 1.61 bits per heavy atom. The Labute approximate surface area is 219 Å². The van der Waals surface area contributed by atoms with Gasteiger partial charge in [-0.25, -0.2) is 9.37 Å². The Balaban J connectivity index is 1.58. The third-order valence-corrected chi connectivity index (χ3v) is 6.27. The number of amides is 1. The molecule has 0 fully saturated rings. The number of methoxy groups -OCH3 is 3. The number of aromatic nitrogens is 2. The highest BCUT2D eigenvalue weighted by molar-refractivity contribution is 6.13. The average Bonchev–Trinajstić information content (AvgIpc) is 3.03. The topological polar surface area (TPSA) is 89.0 Å². The maximum atomic E-state index is 13.7. The van der Waals surface area contributed by atoms with Gasteiger partial charge in [0.05, 0.1) is 45.3 Å². The van der Waals surface area contributed by atoms with Crippen LogP contribution in [0.5, 0.6) is 17.2 Å². The lowest BCUT2D eigenvalue weighted by Crippen LogP contribution is -2.30. The minimum atomic E-state index is -0.340. The predicted molar refractivity (Wildman–Crippen MR) is 143 cm³/mol. The lowest BCUT2D eigenvalue weighted by atomic mass is 10.1. The molecule has 38 heavy (non-hydrogen) atoms. The molecule has 3 aromatic carbocycles. The van der Waals surface area contributed by atoms with E-state index in [9.17, 15) is 9.18 Å². The molecular formula is C28H26FN5O4.